The Morgan fingerprint density at radius 1 is 0.962 bits per heavy atom. The molecule has 16 heteroatoms. The Bertz CT molecular complexity index is 2190. The van der Waals surface area contributed by atoms with Gasteiger partial charge >= 0.3 is 0 Å². The largest absolute Gasteiger partial charge is 0.377 e. The van der Waals surface area contributed by atoms with E-state index < -0.39 is 57.6 Å². The molecule has 3 aliphatic rings. The maximum atomic E-state index is 14.3. The summed E-state index contributed by atoms with van der Waals surface area (Å²) in [7, 11) is -0.780. The first-order valence-electron chi connectivity index (χ1n) is 17.4. The van der Waals surface area contributed by atoms with Crippen LogP contribution in [0.4, 0.5) is 5.69 Å². The lowest BCUT2D eigenvalue weighted by molar-refractivity contribution is -0.149. The smallest absolute Gasteiger partial charge is 0.264 e. The predicted molar refractivity (Wildman–Crippen MR) is 197 cm³/mol. The second-order valence-corrected chi connectivity index (χ2v) is 15.6. The van der Waals surface area contributed by atoms with Crippen molar-refractivity contribution in [2.45, 2.75) is 54.5 Å². The van der Waals surface area contributed by atoms with Crippen LogP contribution in [-0.2, 0) is 35.6 Å². The number of rotatable bonds is 13. The molecule has 1 aromatic heterocycles. The summed E-state index contributed by atoms with van der Waals surface area (Å²) in [6, 6.07) is 15.1. The summed E-state index contributed by atoms with van der Waals surface area (Å²) < 4.78 is 29.9. The molecule has 2 aliphatic carbocycles. The number of aromatic amines is 1. The molecular formula is C37H41N9O6S. The Hall–Kier alpha value is -5.77. The zero-order valence-corrected chi connectivity index (χ0v) is 30.0. The number of hydrogen-bond acceptors (Lipinski definition) is 9. The number of imidazole rings is 1. The molecule has 2 fully saturated rings. The molecule has 4 aromatic rings. The third-order valence-corrected chi connectivity index (χ3v) is 12.0. The van der Waals surface area contributed by atoms with E-state index in [4.69, 9.17) is 11.5 Å². The number of likely N-dealkylation sites (tertiary alicyclic amines) is 1. The summed E-state index contributed by atoms with van der Waals surface area (Å²) in [6.07, 6.45) is 3.60. The topological polar surface area (TPSA) is 226 Å². The first-order chi connectivity index (χ1) is 25.4. The van der Waals surface area contributed by atoms with Gasteiger partial charge in [0.1, 0.15) is 12.1 Å². The van der Waals surface area contributed by atoms with Gasteiger partial charge in [0.2, 0.25) is 17.7 Å². The normalized spacial score (nSPS) is 21.2. The number of hydrogen-bond donors (Lipinski definition) is 5. The number of benzene rings is 3. The number of nitrogens with zero attached hydrogens (tertiary/aromatic N) is 4. The molecule has 4 amide bonds. The number of carbonyl (C=O) groups excluding carboxylic acids is 4. The number of sulfonamides is 1. The van der Waals surface area contributed by atoms with Crippen molar-refractivity contribution >= 4 is 56.1 Å². The van der Waals surface area contributed by atoms with Crippen molar-refractivity contribution in [2.24, 2.45) is 28.3 Å². The second kappa shape index (κ2) is 14.0. The number of nitrogens with two attached hydrogens (primary N) is 2. The van der Waals surface area contributed by atoms with Crippen molar-refractivity contribution < 1.29 is 27.6 Å². The van der Waals surface area contributed by atoms with E-state index in [-0.39, 0.29) is 48.5 Å². The molecule has 3 aromatic carbocycles. The summed E-state index contributed by atoms with van der Waals surface area (Å²) in [4.78, 5) is 70.2. The van der Waals surface area contributed by atoms with Crippen LogP contribution >= 0.6 is 0 Å². The zero-order chi connectivity index (χ0) is 37.6. The first kappa shape index (κ1) is 35.6. The van der Waals surface area contributed by atoms with E-state index in [1.165, 1.54) is 18.6 Å². The van der Waals surface area contributed by atoms with Crippen LogP contribution in [0.3, 0.4) is 0 Å². The van der Waals surface area contributed by atoms with Gasteiger partial charge in [-0.1, -0.05) is 48.5 Å². The lowest BCUT2D eigenvalue weighted by Crippen LogP contribution is -2.56. The number of aromatic nitrogens is 2. The van der Waals surface area contributed by atoms with E-state index in [9.17, 15) is 27.6 Å². The number of guanidine groups is 1. The Morgan fingerprint density at radius 3 is 2.25 bits per heavy atom. The quantitative estimate of drug-likeness (QED) is 0.0574. The van der Waals surface area contributed by atoms with Crippen LogP contribution in [0.2, 0.25) is 0 Å². The fourth-order valence-electron chi connectivity index (χ4n) is 8.39. The number of amides is 4. The van der Waals surface area contributed by atoms with Crippen LogP contribution in [0.25, 0.3) is 10.8 Å². The van der Waals surface area contributed by atoms with E-state index in [2.05, 4.69) is 25.0 Å². The summed E-state index contributed by atoms with van der Waals surface area (Å²) in [5.74, 6) is -4.30. The Balaban J connectivity index is 1.17. The summed E-state index contributed by atoms with van der Waals surface area (Å²) in [6.45, 7) is 0.128. The van der Waals surface area contributed by atoms with E-state index in [0.717, 1.165) is 21.7 Å². The Labute approximate surface area is 306 Å². The molecule has 6 atom stereocenters. The van der Waals surface area contributed by atoms with Gasteiger partial charge in [-0.3, -0.25) is 29.1 Å². The third kappa shape index (κ3) is 6.47. The molecule has 7 rings (SSSR count). The molecule has 0 spiro atoms. The average Bonchev–Trinajstić information content (AvgIpc) is 3.92. The van der Waals surface area contributed by atoms with Gasteiger partial charge in [0, 0.05) is 55.4 Å². The van der Waals surface area contributed by atoms with Gasteiger partial charge in [-0.25, -0.2) is 18.1 Å². The number of imide groups is 1. The summed E-state index contributed by atoms with van der Waals surface area (Å²) in [5, 5.41) is 3.75. The van der Waals surface area contributed by atoms with E-state index in [1.54, 1.807) is 24.3 Å². The number of H-pyrrole nitrogens is 1. The molecule has 2 heterocycles. The van der Waals surface area contributed by atoms with Crippen molar-refractivity contribution in [1.29, 1.82) is 0 Å². The van der Waals surface area contributed by atoms with Gasteiger partial charge < -0.3 is 26.7 Å². The average molecular weight is 740 g/mol. The number of aliphatic imine (C=N–C) groups is 1. The minimum atomic E-state index is -4.46. The minimum Gasteiger partial charge on any atom is -0.377 e. The first-order valence-corrected chi connectivity index (χ1v) is 18.9. The number of nitrogens with one attached hydrogen (secondary N) is 3. The maximum absolute atomic E-state index is 14.3. The van der Waals surface area contributed by atoms with Crippen molar-refractivity contribution in [1.82, 2.24) is 24.9 Å². The van der Waals surface area contributed by atoms with Crippen LogP contribution in [0.5, 0.6) is 0 Å². The predicted octanol–water partition coefficient (Wildman–Crippen LogP) is 1.47. The number of fused-ring (bicyclic) bond motifs is 9. The zero-order valence-electron chi connectivity index (χ0n) is 29.2. The number of anilines is 1. The summed E-state index contributed by atoms with van der Waals surface area (Å²) >= 11 is 0. The highest BCUT2D eigenvalue weighted by molar-refractivity contribution is 7.90. The van der Waals surface area contributed by atoms with Gasteiger partial charge in [-0.2, -0.15) is 0 Å². The van der Waals surface area contributed by atoms with Gasteiger partial charge in [-0.15, -0.1) is 0 Å². The maximum Gasteiger partial charge on any atom is 0.264 e. The Morgan fingerprint density at radius 2 is 1.62 bits per heavy atom. The second-order valence-electron chi connectivity index (χ2n) is 14.0. The monoisotopic (exact) mass is 739 g/mol. The lowest BCUT2D eigenvalue weighted by atomic mass is 9.77. The SMILES string of the molecule is CN(C)c1cccc2c(S(=O)(=O)NC(=O)[C@H](Cc3cnc[nH]3)NC(=O)[C@H](CCCN=C(N)N)N3C(=O)C4C5CC(c6ccccc65)C4C3=O)cccc12. The van der Waals surface area contributed by atoms with Gasteiger partial charge in [0.25, 0.3) is 15.9 Å². The van der Waals surface area contributed by atoms with E-state index in [0.29, 0.717) is 22.9 Å². The van der Waals surface area contributed by atoms with Crippen molar-refractivity contribution in [3.8, 4) is 0 Å². The van der Waals surface area contributed by atoms with Crippen LogP contribution in [0, 0.1) is 11.8 Å². The van der Waals surface area contributed by atoms with Crippen molar-refractivity contribution in [3.05, 3.63) is 90.0 Å². The molecule has 1 saturated carbocycles. The fraction of sp³-hybridized carbons (Fsp3) is 0.351. The van der Waals surface area contributed by atoms with Crippen LogP contribution in [-0.4, -0.2) is 85.6 Å². The van der Waals surface area contributed by atoms with Crippen molar-refractivity contribution in [2.75, 3.05) is 25.5 Å². The van der Waals surface area contributed by atoms with Gasteiger partial charge in [-0.05, 0) is 54.4 Å². The molecule has 15 nitrogen and oxygen atoms in total. The fourth-order valence-corrected chi connectivity index (χ4v) is 9.64. The van der Waals surface area contributed by atoms with Crippen LogP contribution in [0.1, 0.15) is 47.9 Å². The molecule has 4 unspecified atom stereocenters. The molecule has 53 heavy (non-hydrogen) atoms. The molecular weight excluding hydrogens is 699 g/mol. The minimum absolute atomic E-state index is 0.00270. The Kier molecular flexibility index (Phi) is 9.40. The molecule has 1 saturated heterocycles. The lowest BCUT2D eigenvalue weighted by Gasteiger charge is -2.29. The molecule has 0 radical (unpaired) electrons. The van der Waals surface area contributed by atoms with Gasteiger partial charge in [0.05, 0.1) is 23.1 Å². The standard InChI is InChI=1S/C37H41N9O6S/c1-45(2)28-12-5-11-24-23(28)10-6-14-30(24)53(51,52)44-33(47)27(16-20-18-40-19-42-20)43-34(48)29(13-7-15-41-37(38)39)46-35(49)31-25-17-26(32(31)36(46)50)22-9-4-3-8-21(22)25/h3-6,8-12,14,18-19,25-27,29,31-32H,7,13,15-17H2,1-2H3,(H,40,42)(H,43,48)(H,44,47)(H4,38,39,41)/t25?,26?,27-,29-,31?,32?/m0/s1. The highest BCUT2D eigenvalue weighted by Crippen LogP contribution is 2.62. The third-order valence-electron chi connectivity index (χ3n) is 10.6. The molecule has 2 bridgehead atoms. The molecule has 276 valence electrons. The highest BCUT2D eigenvalue weighted by Gasteiger charge is 2.64. The van der Waals surface area contributed by atoms with Gasteiger partial charge in [0.15, 0.2) is 5.96 Å². The molecule has 7 N–H and O–H groups in total. The van der Waals surface area contributed by atoms with Crippen molar-refractivity contribution in [3.63, 3.8) is 0 Å². The van der Waals surface area contributed by atoms with E-state index in [1.807, 2.05) is 49.3 Å². The summed E-state index contributed by atoms with van der Waals surface area (Å²) in [5.41, 5.74) is 14.3. The van der Waals surface area contributed by atoms with E-state index >= 15 is 0 Å². The molecule has 1 aliphatic heterocycles. The van der Waals surface area contributed by atoms with Crippen LogP contribution < -0.4 is 26.4 Å². The van der Waals surface area contributed by atoms with Crippen LogP contribution in [0.15, 0.2) is 83.1 Å². The number of carbonyl (C=O) groups is 4. The highest BCUT2D eigenvalue weighted by atomic mass is 32.2.